The molecule has 1 N–H and O–H groups in total. The average Bonchev–Trinajstić information content (AvgIpc) is 2.58. The third kappa shape index (κ3) is 1.62. The zero-order valence-corrected chi connectivity index (χ0v) is 7.29. The molecule has 0 aromatic carbocycles. The molecule has 0 bridgehead atoms. The molecule has 1 atom stereocenters. The van der Waals surface area contributed by atoms with Crippen LogP contribution in [0, 0.1) is 6.20 Å². The highest BCUT2D eigenvalue weighted by molar-refractivity contribution is 8.00. The largest absolute Gasteiger partial charge is 0.380 e. The summed E-state index contributed by atoms with van der Waals surface area (Å²) < 4.78 is 0. The third-order valence-electron chi connectivity index (χ3n) is 2.03. The van der Waals surface area contributed by atoms with Crippen molar-refractivity contribution in [3.05, 3.63) is 23.9 Å². The van der Waals surface area contributed by atoms with Crippen LogP contribution in [0.4, 0.5) is 0 Å². The molecule has 1 radical (unpaired) electrons. The Labute approximate surface area is 71.9 Å². The maximum Gasteiger partial charge on any atom is 0.0625 e. The van der Waals surface area contributed by atoms with Gasteiger partial charge >= 0.3 is 0 Å². The second-order valence-corrected chi connectivity index (χ2v) is 4.18. The minimum Gasteiger partial charge on any atom is -0.380 e. The van der Waals surface area contributed by atoms with Gasteiger partial charge in [-0.25, -0.2) is 0 Å². The van der Waals surface area contributed by atoms with Gasteiger partial charge in [0.15, 0.2) is 0 Å². The van der Waals surface area contributed by atoms with Crippen LogP contribution in [0.25, 0.3) is 0 Å². The average molecular weight is 166 g/mol. The molecule has 2 aliphatic rings. The van der Waals surface area contributed by atoms with Crippen LogP contribution in [-0.2, 0) is 0 Å². The standard InChI is InChI=1S/C9H12NS/c1-3-8(7-10-5-1)9-4-2-6-11-9/h1,3,9-10H,2,4-6H2. The molecule has 0 spiro atoms. The van der Waals surface area contributed by atoms with E-state index < -0.39 is 0 Å². The predicted octanol–water partition coefficient (Wildman–Crippen LogP) is 1.73. The summed E-state index contributed by atoms with van der Waals surface area (Å²) in [6.07, 6.45) is 10.3. The highest BCUT2D eigenvalue weighted by Gasteiger charge is 2.18. The maximum absolute atomic E-state index is 3.22. The van der Waals surface area contributed by atoms with Gasteiger partial charge in [0.1, 0.15) is 0 Å². The third-order valence-corrected chi connectivity index (χ3v) is 3.44. The Balaban J connectivity index is 2.02. The molecule has 1 saturated heterocycles. The van der Waals surface area contributed by atoms with E-state index in [0.717, 1.165) is 11.8 Å². The predicted molar refractivity (Wildman–Crippen MR) is 49.4 cm³/mol. The molecular formula is C9H12NS. The molecule has 0 aliphatic carbocycles. The van der Waals surface area contributed by atoms with Crippen LogP contribution in [0.1, 0.15) is 12.8 Å². The van der Waals surface area contributed by atoms with Gasteiger partial charge in [-0.05, 0) is 24.2 Å². The fraction of sp³-hybridized carbons (Fsp3) is 0.556. The first-order chi connectivity index (χ1) is 5.47. The second kappa shape index (κ2) is 3.35. The lowest BCUT2D eigenvalue weighted by molar-refractivity contribution is 0.830. The molecule has 2 rings (SSSR count). The van der Waals surface area contributed by atoms with Gasteiger partial charge in [-0.2, -0.15) is 11.8 Å². The molecule has 11 heavy (non-hydrogen) atoms. The maximum atomic E-state index is 3.22. The van der Waals surface area contributed by atoms with Crippen LogP contribution in [0.3, 0.4) is 0 Å². The van der Waals surface area contributed by atoms with Crippen LogP contribution >= 0.6 is 11.8 Å². The number of nitrogens with one attached hydrogen (secondary N) is 1. The van der Waals surface area contributed by atoms with Gasteiger partial charge in [-0.1, -0.05) is 12.2 Å². The van der Waals surface area contributed by atoms with Crippen LogP contribution in [0.2, 0.25) is 0 Å². The van der Waals surface area contributed by atoms with E-state index in [0.29, 0.717) is 0 Å². The summed E-state index contributed by atoms with van der Waals surface area (Å²) in [7, 11) is 0. The van der Waals surface area contributed by atoms with Crippen LogP contribution in [-0.4, -0.2) is 17.5 Å². The molecule has 59 valence electrons. The summed E-state index contributed by atoms with van der Waals surface area (Å²) in [5.41, 5.74) is 1.36. The van der Waals surface area contributed by atoms with Crippen molar-refractivity contribution >= 4 is 11.8 Å². The summed E-state index contributed by atoms with van der Waals surface area (Å²) in [5.74, 6) is 1.32. The van der Waals surface area contributed by atoms with E-state index in [4.69, 9.17) is 0 Å². The Morgan fingerprint density at radius 3 is 3.27 bits per heavy atom. The van der Waals surface area contributed by atoms with Crippen molar-refractivity contribution in [3.63, 3.8) is 0 Å². The van der Waals surface area contributed by atoms with Gasteiger partial charge in [-0.3, -0.25) is 0 Å². The summed E-state index contributed by atoms with van der Waals surface area (Å²) in [4.78, 5) is 0. The lowest BCUT2D eigenvalue weighted by Gasteiger charge is -2.12. The van der Waals surface area contributed by atoms with Crippen molar-refractivity contribution in [2.45, 2.75) is 18.1 Å². The number of dihydropyridines is 1. The first kappa shape index (κ1) is 7.29. The molecule has 1 nitrogen and oxygen atoms in total. The number of thioether (sulfide) groups is 1. The van der Waals surface area contributed by atoms with Crippen molar-refractivity contribution < 1.29 is 0 Å². The molecular weight excluding hydrogens is 154 g/mol. The fourth-order valence-electron chi connectivity index (χ4n) is 1.45. The minimum absolute atomic E-state index is 0.721. The number of hydrogen-bond donors (Lipinski definition) is 1. The minimum atomic E-state index is 0.721. The Bertz CT molecular complexity index is 190. The van der Waals surface area contributed by atoms with Crippen LogP contribution in [0.15, 0.2) is 17.7 Å². The van der Waals surface area contributed by atoms with Gasteiger partial charge in [-0.15, -0.1) is 0 Å². The molecule has 2 heteroatoms. The molecule has 0 aromatic heterocycles. The highest BCUT2D eigenvalue weighted by atomic mass is 32.2. The van der Waals surface area contributed by atoms with Crippen molar-refractivity contribution in [3.8, 4) is 0 Å². The van der Waals surface area contributed by atoms with Crippen molar-refractivity contribution in [2.24, 2.45) is 0 Å². The number of allylic oxidation sites excluding steroid dienone is 1. The summed E-state index contributed by atoms with van der Waals surface area (Å²) in [5, 5.41) is 3.85. The lowest BCUT2D eigenvalue weighted by Crippen LogP contribution is -2.14. The molecule has 2 aliphatic heterocycles. The van der Waals surface area contributed by atoms with E-state index in [2.05, 4.69) is 35.4 Å². The SMILES string of the molecule is [C]1=C(C2CCCS2)C=CCN1. The quantitative estimate of drug-likeness (QED) is 0.636. The summed E-state index contributed by atoms with van der Waals surface area (Å²) in [6.45, 7) is 0.945. The smallest absolute Gasteiger partial charge is 0.0625 e. The topological polar surface area (TPSA) is 12.0 Å². The van der Waals surface area contributed by atoms with Gasteiger partial charge in [0.05, 0.1) is 6.20 Å². The summed E-state index contributed by atoms with van der Waals surface area (Å²) in [6, 6.07) is 0. The lowest BCUT2D eigenvalue weighted by atomic mass is 10.1. The van der Waals surface area contributed by atoms with E-state index in [9.17, 15) is 0 Å². The fourth-order valence-corrected chi connectivity index (χ4v) is 2.72. The van der Waals surface area contributed by atoms with Crippen LogP contribution in [0.5, 0.6) is 0 Å². The van der Waals surface area contributed by atoms with E-state index in [1.165, 1.54) is 24.2 Å². The van der Waals surface area contributed by atoms with Gasteiger partial charge in [0.2, 0.25) is 0 Å². The first-order valence-corrected chi connectivity index (χ1v) is 5.15. The molecule has 1 fully saturated rings. The normalized spacial score (nSPS) is 29.8. The highest BCUT2D eigenvalue weighted by Crippen LogP contribution is 2.32. The van der Waals surface area contributed by atoms with Gasteiger partial charge in [0, 0.05) is 11.8 Å². The Kier molecular flexibility index (Phi) is 2.22. The zero-order valence-electron chi connectivity index (χ0n) is 6.47. The number of hydrogen-bond acceptors (Lipinski definition) is 2. The van der Waals surface area contributed by atoms with E-state index in [1.807, 2.05) is 0 Å². The van der Waals surface area contributed by atoms with Crippen molar-refractivity contribution in [2.75, 3.05) is 12.3 Å². The van der Waals surface area contributed by atoms with Crippen molar-refractivity contribution in [1.29, 1.82) is 0 Å². The Morgan fingerprint density at radius 1 is 1.64 bits per heavy atom. The molecule has 2 heterocycles. The zero-order chi connectivity index (χ0) is 7.52. The molecule has 0 aromatic rings. The van der Waals surface area contributed by atoms with Gasteiger partial charge < -0.3 is 5.32 Å². The molecule has 0 amide bonds. The molecule has 0 saturated carbocycles. The summed E-state index contributed by atoms with van der Waals surface area (Å²) >= 11 is 2.06. The number of rotatable bonds is 1. The Morgan fingerprint density at radius 2 is 2.64 bits per heavy atom. The second-order valence-electron chi connectivity index (χ2n) is 2.87. The van der Waals surface area contributed by atoms with Gasteiger partial charge in [0.25, 0.3) is 0 Å². The van der Waals surface area contributed by atoms with Crippen LogP contribution < -0.4 is 5.32 Å². The van der Waals surface area contributed by atoms with E-state index in [1.54, 1.807) is 0 Å². The van der Waals surface area contributed by atoms with E-state index in [-0.39, 0.29) is 0 Å². The first-order valence-electron chi connectivity index (χ1n) is 4.11. The van der Waals surface area contributed by atoms with Crippen molar-refractivity contribution in [1.82, 2.24) is 5.32 Å². The Hall–Kier alpha value is -0.370. The monoisotopic (exact) mass is 166 g/mol. The molecule has 1 unspecified atom stereocenters. The van der Waals surface area contributed by atoms with E-state index >= 15 is 0 Å².